The molecule has 1 fully saturated rings. The second-order valence-electron chi connectivity index (χ2n) is 7.74. The molecule has 0 bridgehead atoms. The highest BCUT2D eigenvalue weighted by atomic mass is 16.3. The summed E-state index contributed by atoms with van der Waals surface area (Å²) in [6, 6.07) is 8.06. The summed E-state index contributed by atoms with van der Waals surface area (Å²) in [7, 11) is 1.87. The summed E-state index contributed by atoms with van der Waals surface area (Å²) in [5.74, 6) is 2.53. The minimum Gasteiger partial charge on any atom is -0.465 e. The van der Waals surface area contributed by atoms with E-state index in [4.69, 9.17) is 4.42 Å². The first-order valence-corrected chi connectivity index (χ1v) is 10.2. The Morgan fingerprint density at radius 1 is 1.36 bits per heavy atom. The third-order valence-corrected chi connectivity index (χ3v) is 5.67. The number of amides is 2. The van der Waals surface area contributed by atoms with E-state index in [-0.39, 0.29) is 12.1 Å². The lowest BCUT2D eigenvalue weighted by molar-refractivity contribution is 0.158. The molecule has 0 aliphatic carbocycles. The van der Waals surface area contributed by atoms with Gasteiger partial charge in [-0.3, -0.25) is 9.88 Å². The van der Waals surface area contributed by atoms with Gasteiger partial charge < -0.3 is 14.6 Å². The standard InChI is InChI=1S/C22H32N4O2/c1-4-21(19-6-5-11-23-15-19)25(3)22(27)24-14-18-9-12-26(13-10-18)16-20-8-7-17(2)28-20/h5-8,11,15,18,21H,4,9-10,12-14,16H2,1-3H3,(H,24,27)/t21-/m0/s1. The fourth-order valence-corrected chi connectivity index (χ4v) is 3.94. The average Bonchev–Trinajstić information content (AvgIpc) is 3.13. The van der Waals surface area contributed by atoms with Crippen LogP contribution in [0.4, 0.5) is 4.79 Å². The number of carbonyl (C=O) groups is 1. The minimum absolute atomic E-state index is 0.0100. The Morgan fingerprint density at radius 3 is 2.75 bits per heavy atom. The number of aromatic nitrogens is 1. The molecule has 1 N–H and O–H groups in total. The quantitative estimate of drug-likeness (QED) is 0.784. The Morgan fingerprint density at radius 2 is 2.14 bits per heavy atom. The predicted molar refractivity (Wildman–Crippen MR) is 110 cm³/mol. The van der Waals surface area contributed by atoms with Gasteiger partial charge in [0.1, 0.15) is 11.5 Å². The van der Waals surface area contributed by atoms with Crippen LogP contribution in [0.15, 0.2) is 41.1 Å². The van der Waals surface area contributed by atoms with Crippen LogP contribution >= 0.6 is 0 Å². The van der Waals surface area contributed by atoms with E-state index in [2.05, 4.69) is 28.2 Å². The minimum atomic E-state index is -0.0100. The molecule has 1 saturated heterocycles. The van der Waals surface area contributed by atoms with E-state index in [9.17, 15) is 4.79 Å². The van der Waals surface area contributed by atoms with E-state index < -0.39 is 0 Å². The van der Waals surface area contributed by atoms with Gasteiger partial charge in [-0.05, 0) is 69.0 Å². The van der Waals surface area contributed by atoms with Crippen molar-refractivity contribution in [3.63, 3.8) is 0 Å². The monoisotopic (exact) mass is 384 g/mol. The van der Waals surface area contributed by atoms with Crippen LogP contribution in [0.5, 0.6) is 0 Å². The number of likely N-dealkylation sites (tertiary alicyclic amines) is 1. The molecule has 3 rings (SSSR count). The summed E-state index contributed by atoms with van der Waals surface area (Å²) in [6.07, 6.45) is 6.66. The van der Waals surface area contributed by atoms with Gasteiger partial charge in [0, 0.05) is 26.0 Å². The van der Waals surface area contributed by atoms with E-state index in [1.165, 1.54) is 0 Å². The molecule has 2 aromatic heterocycles. The van der Waals surface area contributed by atoms with Crippen molar-refractivity contribution in [3.8, 4) is 0 Å². The van der Waals surface area contributed by atoms with Crippen molar-refractivity contribution >= 4 is 6.03 Å². The Labute approximate surface area is 167 Å². The molecule has 1 aliphatic rings. The number of rotatable bonds is 7. The third-order valence-electron chi connectivity index (χ3n) is 5.67. The summed E-state index contributed by atoms with van der Waals surface area (Å²) in [6.45, 7) is 7.77. The van der Waals surface area contributed by atoms with Gasteiger partial charge in [-0.25, -0.2) is 4.79 Å². The molecule has 0 spiro atoms. The fourth-order valence-electron chi connectivity index (χ4n) is 3.94. The van der Waals surface area contributed by atoms with Gasteiger partial charge in [0.05, 0.1) is 12.6 Å². The Kier molecular flexibility index (Phi) is 7.09. The van der Waals surface area contributed by atoms with Crippen LogP contribution in [0.2, 0.25) is 0 Å². The van der Waals surface area contributed by atoms with Crippen molar-refractivity contribution < 1.29 is 9.21 Å². The van der Waals surface area contributed by atoms with Gasteiger partial charge in [-0.2, -0.15) is 0 Å². The summed E-state index contributed by atoms with van der Waals surface area (Å²) in [4.78, 5) is 21.0. The van der Waals surface area contributed by atoms with Crippen molar-refractivity contribution in [2.75, 3.05) is 26.7 Å². The third kappa shape index (κ3) is 5.35. The number of piperidine rings is 1. The summed E-state index contributed by atoms with van der Waals surface area (Å²) in [5.41, 5.74) is 1.07. The van der Waals surface area contributed by atoms with E-state index in [0.717, 1.165) is 62.5 Å². The van der Waals surface area contributed by atoms with Gasteiger partial charge in [0.2, 0.25) is 0 Å². The van der Waals surface area contributed by atoms with Crippen LogP contribution in [0.1, 0.15) is 49.3 Å². The maximum absolute atomic E-state index is 12.6. The number of nitrogens with zero attached hydrogens (tertiary/aromatic N) is 3. The van der Waals surface area contributed by atoms with E-state index in [0.29, 0.717) is 5.92 Å². The Hall–Kier alpha value is -2.34. The number of furan rings is 1. The number of aryl methyl sites for hydroxylation is 1. The lowest BCUT2D eigenvalue weighted by Crippen LogP contribution is -2.43. The molecule has 28 heavy (non-hydrogen) atoms. The van der Waals surface area contributed by atoms with Crippen molar-refractivity contribution in [2.24, 2.45) is 5.92 Å². The van der Waals surface area contributed by atoms with E-state index in [1.54, 1.807) is 11.1 Å². The first-order valence-electron chi connectivity index (χ1n) is 10.2. The van der Waals surface area contributed by atoms with Crippen molar-refractivity contribution in [1.82, 2.24) is 20.1 Å². The van der Waals surface area contributed by atoms with Gasteiger partial charge in [-0.15, -0.1) is 0 Å². The first-order chi connectivity index (χ1) is 13.6. The summed E-state index contributed by atoms with van der Waals surface area (Å²) in [5, 5.41) is 3.13. The average molecular weight is 385 g/mol. The topological polar surface area (TPSA) is 61.6 Å². The molecule has 2 amide bonds. The molecule has 3 heterocycles. The zero-order valence-corrected chi connectivity index (χ0v) is 17.2. The van der Waals surface area contributed by atoms with Crippen LogP contribution in [0.25, 0.3) is 0 Å². The second-order valence-corrected chi connectivity index (χ2v) is 7.74. The molecule has 152 valence electrons. The smallest absolute Gasteiger partial charge is 0.317 e. The van der Waals surface area contributed by atoms with Crippen LogP contribution in [0, 0.1) is 12.8 Å². The SMILES string of the molecule is CC[C@@H](c1cccnc1)N(C)C(=O)NCC1CCN(Cc2ccc(C)o2)CC1. The van der Waals surface area contributed by atoms with Crippen molar-refractivity contribution in [1.29, 1.82) is 0 Å². The summed E-state index contributed by atoms with van der Waals surface area (Å²) < 4.78 is 5.68. The zero-order chi connectivity index (χ0) is 19.9. The molecule has 6 heteroatoms. The van der Waals surface area contributed by atoms with Gasteiger partial charge in [0.15, 0.2) is 0 Å². The molecule has 1 aliphatic heterocycles. The Bertz CT molecular complexity index is 738. The molecule has 2 aromatic rings. The lowest BCUT2D eigenvalue weighted by Gasteiger charge is -2.32. The normalized spacial score (nSPS) is 16.7. The van der Waals surface area contributed by atoms with Gasteiger partial charge in [0.25, 0.3) is 0 Å². The second kappa shape index (κ2) is 9.73. The fraction of sp³-hybridized carbons (Fsp3) is 0.545. The van der Waals surface area contributed by atoms with Gasteiger partial charge >= 0.3 is 6.03 Å². The first kappa shape index (κ1) is 20.4. The largest absolute Gasteiger partial charge is 0.465 e. The number of carbonyl (C=O) groups excluding carboxylic acids is 1. The highest BCUT2D eigenvalue weighted by molar-refractivity contribution is 5.74. The number of hydrogen-bond acceptors (Lipinski definition) is 4. The number of nitrogens with one attached hydrogen (secondary N) is 1. The maximum atomic E-state index is 12.6. The highest BCUT2D eigenvalue weighted by Crippen LogP contribution is 2.23. The summed E-state index contributed by atoms with van der Waals surface area (Å²) >= 11 is 0. The number of urea groups is 1. The lowest BCUT2D eigenvalue weighted by atomic mass is 9.97. The van der Waals surface area contributed by atoms with Crippen LogP contribution in [0.3, 0.4) is 0 Å². The maximum Gasteiger partial charge on any atom is 0.317 e. The molecule has 0 radical (unpaired) electrons. The number of hydrogen-bond donors (Lipinski definition) is 1. The zero-order valence-electron chi connectivity index (χ0n) is 17.2. The van der Waals surface area contributed by atoms with Crippen LogP contribution in [-0.2, 0) is 6.54 Å². The van der Waals surface area contributed by atoms with E-state index in [1.807, 2.05) is 38.4 Å². The van der Waals surface area contributed by atoms with Crippen molar-refractivity contribution in [3.05, 3.63) is 53.7 Å². The predicted octanol–water partition coefficient (Wildman–Crippen LogP) is 3.99. The Balaban J connectivity index is 1.42. The molecule has 0 aromatic carbocycles. The van der Waals surface area contributed by atoms with Crippen LogP contribution < -0.4 is 5.32 Å². The van der Waals surface area contributed by atoms with E-state index >= 15 is 0 Å². The highest BCUT2D eigenvalue weighted by Gasteiger charge is 2.23. The number of pyridine rings is 1. The van der Waals surface area contributed by atoms with Crippen molar-refractivity contribution in [2.45, 2.75) is 45.7 Å². The van der Waals surface area contributed by atoms with Gasteiger partial charge in [-0.1, -0.05) is 13.0 Å². The van der Waals surface area contributed by atoms with Crippen LogP contribution in [-0.4, -0.2) is 47.5 Å². The molecular formula is C22H32N4O2. The molecule has 6 nitrogen and oxygen atoms in total. The molecular weight excluding hydrogens is 352 g/mol. The molecule has 0 unspecified atom stereocenters. The molecule has 1 atom stereocenters. The molecule has 0 saturated carbocycles.